The second kappa shape index (κ2) is 7.77. The average molecular weight is 409 g/mol. The van der Waals surface area contributed by atoms with E-state index in [2.05, 4.69) is 50.6 Å². The molecule has 1 aliphatic rings. The van der Waals surface area contributed by atoms with Crippen molar-refractivity contribution in [2.45, 2.75) is 32.9 Å². The van der Waals surface area contributed by atoms with E-state index >= 15 is 0 Å². The Morgan fingerprint density at radius 3 is 2.76 bits per heavy atom. The Hall–Kier alpha value is -2.22. The van der Waals surface area contributed by atoms with Crippen molar-refractivity contribution in [2.24, 2.45) is 4.99 Å². The highest BCUT2D eigenvalue weighted by molar-refractivity contribution is 9.10. The van der Waals surface area contributed by atoms with Gasteiger partial charge in [-0.3, -0.25) is 4.99 Å². The van der Waals surface area contributed by atoms with Gasteiger partial charge in [-0.25, -0.2) is 0 Å². The van der Waals surface area contributed by atoms with E-state index in [9.17, 15) is 0 Å². The topological polar surface area (TPSA) is 80.9 Å². The molecule has 3 rings (SSSR count). The minimum Gasteiger partial charge on any atom is -0.454 e. The number of nitrogens with zero attached hydrogens (tertiary/aromatic N) is 2. The Labute approximate surface area is 154 Å². The molecule has 0 atom stereocenters. The van der Waals surface area contributed by atoms with Gasteiger partial charge in [0.1, 0.15) is 0 Å². The zero-order valence-corrected chi connectivity index (χ0v) is 16.0. The molecular formula is C17H21BrN4O3. The molecule has 0 bridgehead atoms. The maximum atomic E-state index is 5.43. The van der Waals surface area contributed by atoms with Gasteiger partial charge in [0.05, 0.1) is 16.7 Å². The number of nitrogens with one attached hydrogen (secondary N) is 2. The van der Waals surface area contributed by atoms with Crippen molar-refractivity contribution in [3.8, 4) is 11.5 Å². The standard InChI is InChI=1S/C17H21BrN4O3/c1-10(2)14-6-12(25-22-14)8-21-17(19-3)20-7-11-4-13(18)16-15(5-11)23-9-24-16/h4-6,10H,7-9H2,1-3H3,(H2,19,20,21). The zero-order chi connectivity index (χ0) is 17.8. The summed E-state index contributed by atoms with van der Waals surface area (Å²) in [6, 6.07) is 5.91. The maximum Gasteiger partial charge on any atom is 0.231 e. The van der Waals surface area contributed by atoms with E-state index in [-0.39, 0.29) is 6.79 Å². The van der Waals surface area contributed by atoms with E-state index < -0.39 is 0 Å². The van der Waals surface area contributed by atoms with Crippen LogP contribution in [0, 0.1) is 0 Å². The molecule has 1 aromatic heterocycles. The van der Waals surface area contributed by atoms with Crippen LogP contribution in [0.1, 0.15) is 36.8 Å². The highest BCUT2D eigenvalue weighted by Crippen LogP contribution is 2.39. The largest absolute Gasteiger partial charge is 0.454 e. The molecule has 0 spiro atoms. The highest BCUT2D eigenvalue weighted by atomic mass is 79.9. The van der Waals surface area contributed by atoms with Gasteiger partial charge in [-0.1, -0.05) is 19.0 Å². The summed E-state index contributed by atoms with van der Waals surface area (Å²) in [5, 5.41) is 10.5. The monoisotopic (exact) mass is 408 g/mol. The minimum atomic E-state index is 0.254. The van der Waals surface area contributed by atoms with E-state index in [1.807, 2.05) is 18.2 Å². The number of aromatic nitrogens is 1. The lowest BCUT2D eigenvalue weighted by molar-refractivity contribution is 0.173. The summed E-state index contributed by atoms with van der Waals surface area (Å²) in [6.45, 7) is 5.54. The Kier molecular flexibility index (Phi) is 5.47. The van der Waals surface area contributed by atoms with Gasteiger partial charge in [0.15, 0.2) is 23.2 Å². The van der Waals surface area contributed by atoms with Crippen molar-refractivity contribution < 1.29 is 14.0 Å². The zero-order valence-electron chi connectivity index (χ0n) is 14.4. The fourth-order valence-corrected chi connectivity index (χ4v) is 2.99. The smallest absolute Gasteiger partial charge is 0.231 e. The van der Waals surface area contributed by atoms with Crippen molar-refractivity contribution in [3.63, 3.8) is 0 Å². The van der Waals surface area contributed by atoms with Crippen molar-refractivity contribution in [2.75, 3.05) is 13.8 Å². The van der Waals surface area contributed by atoms with Gasteiger partial charge in [-0.15, -0.1) is 0 Å². The number of rotatable bonds is 5. The van der Waals surface area contributed by atoms with Crippen LogP contribution in [0.5, 0.6) is 11.5 Å². The van der Waals surface area contributed by atoms with Crippen LogP contribution >= 0.6 is 15.9 Å². The molecule has 7 nitrogen and oxygen atoms in total. The van der Waals surface area contributed by atoms with Crippen LogP contribution in [0.25, 0.3) is 0 Å². The second-order valence-corrected chi connectivity index (χ2v) is 6.82. The summed E-state index contributed by atoms with van der Waals surface area (Å²) in [6.07, 6.45) is 0. The summed E-state index contributed by atoms with van der Waals surface area (Å²) in [5.41, 5.74) is 2.01. The third-order valence-corrected chi connectivity index (χ3v) is 4.36. The summed E-state index contributed by atoms with van der Waals surface area (Å²) in [7, 11) is 1.73. The van der Waals surface area contributed by atoms with Gasteiger partial charge in [-0.2, -0.15) is 0 Å². The minimum absolute atomic E-state index is 0.254. The summed E-state index contributed by atoms with van der Waals surface area (Å²) in [4.78, 5) is 4.22. The van der Waals surface area contributed by atoms with E-state index in [0.717, 1.165) is 33.0 Å². The molecule has 2 N–H and O–H groups in total. The molecular weight excluding hydrogens is 388 g/mol. The average Bonchev–Trinajstić information content (AvgIpc) is 3.24. The van der Waals surface area contributed by atoms with Gasteiger partial charge in [0.25, 0.3) is 0 Å². The highest BCUT2D eigenvalue weighted by Gasteiger charge is 2.18. The van der Waals surface area contributed by atoms with E-state index in [4.69, 9.17) is 14.0 Å². The predicted octanol–water partition coefficient (Wildman–Crippen LogP) is 3.15. The van der Waals surface area contributed by atoms with Crippen LogP contribution in [0.15, 0.2) is 32.2 Å². The lowest BCUT2D eigenvalue weighted by atomic mass is 10.1. The second-order valence-electron chi connectivity index (χ2n) is 5.96. The first kappa shape index (κ1) is 17.6. The van der Waals surface area contributed by atoms with Gasteiger partial charge < -0.3 is 24.6 Å². The number of benzene rings is 1. The number of guanidine groups is 1. The molecule has 2 aromatic rings. The molecule has 0 saturated carbocycles. The van der Waals surface area contributed by atoms with Crippen LogP contribution in [-0.4, -0.2) is 25.0 Å². The van der Waals surface area contributed by atoms with Crippen molar-refractivity contribution in [3.05, 3.63) is 39.7 Å². The van der Waals surface area contributed by atoms with Gasteiger partial charge in [-0.05, 0) is 39.5 Å². The summed E-state index contributed by atoms with van der Waals surface area (Å²) < 4.78 is 17.0. The molecule has 0 amide bonds. The quantitative estimate of drug-likeness (QED) is 0.584. The van der Waals surface area contributed by atoms with Gasteiger partial charge in [0.2, 0.25) is 6.79 Å². The van der Waals surface area contributed by atoms with Crippen LogP contribution in [0.3, 0.4) is 0 Å². The SMILES string of the molecule is CN=C(NCc1cc(Br)c2c(c1)OCO2)NCc1cc(C(C)C)no1. The van der Waals surface area contributed by atoms with Crippen LogP contribution in [0.4, 0.5) is 0 Å². The molecule has 0 saturated heterocycles. The molecule has 0 aliphatic carbocycles. The number of halogens is 1. The van der Waals surface area contributed by atoms with Crippen molar-refractivity contribution in [1.82, 2.24) is 15.8 Å². The number of hydrogen-bond donors (Lipinski definition) is 2. The molecule has 0 fully saturated rings. The lowest BCUT2D eigenvalue weighted by Crippen LogP contribution is -2.36. The first-order valence-corrected chi connectivity index (χ1v) is 8.84. The van der Waals surface area contributed by atoms with Crippen molar-refractivity contribution >= 4 is 21.9 Å². The Bertz CT molecular complexity index is 773. The first-order valence-electron chi connectivity index (χ1n) is 8.05. The van der Waals surface area contributed by atoms with Crippen LogP contribution in [0.2, 0.25) is 0 Å². The number of hydrogen-bond acceptors (Lipinski definition) is 5. The molecule has 8 heteroatoms. The first-order chi connectivity index (χ1) is 12.1. The predicted molar refractivity (Wildman–Crippen MR) is 97.9 cm³/mol. The number of aliphatic imine (C=N–C) groups is 1. The summed E-state index contributed by atoms with van der Waals surface area (Å²) in [5.74, 6) is 3.29. The number of ether oxygens (including phenoxy) is 2. The van der Waals surface area contributed by atoms with Crippen LogP contribution < -0.4 is 20.1 Å². The normalized spacial score (nSPS) is 13.4. The molecule has 1 aromatic carbocycles. The third-order valence-electron chi connectivity index (χ3n) is 3.77. The number of fused-ring (bicyclic) bond motifs is 1. The Morgan fingerprint density at radius 1 is 1.24 bits per heavy atom. The Morgan fingerprint density at radius 2 is 2.04 bits per heavy atom. The van der Waals surface area contributed by atoms with Gasteiger partial charge >= 0.3 is 0 Å². The van der Waals surface area contributed by atoms with E-state index in [0.29, 0.717) is 25.0 Å². The molecule has 1 aliphatic heterocycles. The summed E-state index contributed by atoms with van der Waals surface area (Å²) >= 11 is 3.50. The van der Waals surface area contributed by atoms with Crippen LogP contribution in [-0.2, 0) is 13.1 Å². The molecule has 0 radical (unpaired) electrons. The fraction of sp³-hybridized carbons (Fsp3) is 0.412. The Balaban J connectivity index is 1.55. The maximum absolute atomic E-state index is 5.43. The molecule has 2 heterocycles. The van der Waals surface area contributed by atoms with E-state index in [1.54, 1.807) is 7.05 Å². The van der Waals surface area contributed by atoms with E-state index in [1.165, 1.54) is 0 Å². The molecule has 25 heavy (non-hydrogen) atoms. The van der Waals surface area contributed by atoms with Crippen molar-refractivity contribution in [1.29, 1.82) is 0 Å². The fourth-order valence-electron chi connectivity index (χ4n) is 2.38. The lowest BCUT2D eigenvalue weighted by Gasteiger charge is -2.11. The third kappa shape index (κ3) is 4.25. The molecule has 134 valence electrons. The van der Waals surface area contributed by atoms with Gasteiger partial charge in [0, 0.05) is 19.7 Å². The molecule has 0 unspecified atom stereocenters.